The smallest absolute Gasteiger partial charge is 0.141 e. The Labute approximate surface area is 131 Å². The van der Waals surface area contributed by atoms with E-state index >= 15 is 0 Å². The number of alkyl halides is 1. The molecule has 2 aromatic carbocycles. The molecule has 108 valence electrons. The Morgan fingerprint density at radius 3 is 2.67 bits per heavy atom. The van der Waals surface area contributed by atoms with Gasteiger partial charge in [-0.2, -0.15) is 0 Å². The Bertz CT molecular complexity index is 726. The molecule has 0 saturated carbocycles. The fourth-order valence-corrected chi connectivity index (χ4v) is 3.33. The SMILES string of the molecule is Fc1ccc(O[C@H](CCCl)c2ccccc2)c2ccsc12. The minimum Gasteiger partial charge on any atom is -0.485 e. The van der Waals surface area contributed by atoms with Crippen LogP contribution in [0.4, 0.5) is 4.39 Å². The number of thiophene rings is 1. The standard InChI is InChI=1S/C17H14ClFOS/c18-10-8-15(12-4-2-1-3-5-12)20-16-7-6-14(19)17-13(16)9-11-21-17/h1-7,9,11,15H,8,10H2/t15-/m1/s1. The van der Waals surface area contributed by atoms with Crippen molar-refractivity contribution in [1.29, 1.82) is 0 Å². The zero-order valence-electron chi connectivity index (χ0n) is 11.3. The maximum atomic E-state index is 13.7. The van der Waals surface area contributed by atoms with Gasteiger partial charge in [-0.15, -0.1) is 22.9 Å². The number of fused-ring (bicyclic) bond motifs is 1. The summed E-state index contributed by atoms with van der Waals surface area (Å²) in [7, 11) is 0. The lowest BCUT2D eigenvalue weighted by atomic mass is 10.1. The average molecular weight is 321 g/mol. The molecule has 1 heterocycles. The molecule has 0 aliphatic carbocycles. The average Bonchev–Trinajstić information content (AvgIpc) is 3.01. The van der Waals surface area contributed by atoms with Gasteiger partial charge in [0.25, 0.3) is 0 Å². The number of hydrogen-bond acceptors (Lipinski definition) is 2. The Morgan fingerprint density at radius 2 is 1.90 bits per heavy atom. The third-order valence-electron chi connectivity index (χ3n) is 3.34. The van der Waals surface area contributed by atoms with Gasteiger partial charge in [0.1, 0.15) is 17.7 Å². The van der Waals surface area contributed by atoms with Crippen LogP contribution in [0.5, 0.6) is 5.75 Å². The molecule has 0 radical (unpaired) electrons. The molecule has 0 fully saturated rings. The van der Waals surface area contributed by atoms with Gasteiger partial charge in [-0.3, -0.25) is 0 Å². The van der Waals surface area contributed by atoms with Gasteiger partial charge in [0.2, 0.25) is 0 Å². The number of hydrogen-bond donors (Lipinski definition) is 0. The Balaban J connectivity index is 1.95. The van der Waals surface area contributed by atoms with Crippen LogP contribution in [0.25, 0.3) is 10.1 Å². The van der Waals surface area contributed by atoms with Crippen LogP contribution >= 0.6 is 22.9 Å². The van der Waals surface area contributed by atoms with Crippen LogP contribution < -0.4 is 4.74 Å². The lowest BCUT2D eigenvalue weighted by molar-refractivity contribution is 0.205. The van der Waals surface area contributed by atoms with Crippen LogP contribution in [-0.4, -0.2) is 5.88 Å². The van der Waals surface area contributed by atoms with E-state index in [1.165, 1.54) is 17.4 Å². The molecule has 1 atom stereocenters. The topological polar surface area (TPSA) is 9.23 Å². The van der Waals surface area contributed by atoms with Gasteiger partial charge < -0.3 is 4.74 Å². The fourth-order valence-electron chi connectivity index (χ4n) is 2.32. The summed E-state index contributed by atoms with van der Waals surface area (Å²) in [6.07, 6.45) is 0.575. The predicted octanol–water partition coefficient (Wildman–Crippen LogP) is 5.79. The van der Waals surface area contributed by atoms with Crippen molar-refractivity contribution in [3.8, 4) is 5.75 Å². The van der Waals surface area contributed by atoms with E-state index in [-0.39, 0.29) is 11.9 Å². The summed E-state index contributed by atoms with van der Waals surface area (Å²) in [5.41, 5.74) is 1.07. The minimum absolute atomic E-state index is 0.128. The molecule has 3 aromatic rings. The quantitative estimate of drug-likeness (QED) is 0.541. The normalized spacial score (nSPS) is 12.5. The molecule has 0 N–H and O–H groups in total. The molecular weight excluding hydrogens is 307 g/mol. The first-order valence-electron chi connectivity index (χ1n) is 6.73. The Kier molecular flexibility index (Phi) is 4.42. The van der Waals surface area contributed by atoms with Gasteiger partial charge in [-0.1, -0.05) is 30.3 Å². The van der Waals surface area contributed by atoms with Crippen molar-refractivity contribution in [2.45, 2.75) is 12.5 Å². The highest BCUT2D eigenvalue weighted by Crippen LogP contribution is 2.35. The van der Waals surface area contributed by atoms with Crippen LogP contribution in [0.3, 0.4) is 0 Å². The number of rotatable bonds is 5. The largest absolute Gasteiger partial charge is 0.485 e. The number of benzene rings is 2. The summed E-state index contributed by atoms with van der Waals surface area (Å²) in [5, 5.41) is 2.69. The molecule has 0 spiro atoms. The second-order valence-corrected chi connectivity index (χ2v) is 6.00. The van der Waals surface area contributed by atoms with Crippen molar-refractivity contribution in [3.63, 3.8) is 0 Å². The van der Waals surface area contributed by atoms with Crippen molar-refractivity contribution in [2.24, 2.45) is 0 Å². The minimum atomic E-state index is -0.207. The molecule has 0 saturated heterocycles. The lowest BCUT2D eigenvalue weighted by Crippen LogP contribution is -2.08. The van der Waals surface area contributed by atoms with Crippen LogP contribution in [0.1, 0.15) is 18.1 Å². The highest BCUT2D eigenvalue weighted by Gasteiger charge is 2.15. The van der Waals surface area contributed by atoms with Crippen molar-refractivity contribution >= 4 is 33.0 Å². The molecule has 0 amide bonds. The van der Waals surface area contributed by atoms with Crippen LogP contribution in [-0.2, 0) is 0 Å². The summed E-state index contributed by atoms with van der Waals surface area (Å²) in [5.74, 6) is 1.00. The first kappa shape index (κ1) is 14.4. The van der Waals surface area contributed by atoms with Gasteiger partial charge in [-0.05, 0) is 29.1 Å². The molecule has 0 aliphatic heterocycles. The summed E-state index contributed by atoms with van der Waals surface area (Å²) >= 11 is 7.28. The molecule has 0 aliphatic rings. The van der Waals surface area contributed by atoms with E-state index in [1.807, 2.05) is 41.8 Å². The number of halogens is 2. The van der Waals surface area contributed by atoms with E-state index in [1.54, 1.807) is 6.07 Å². The van der Waals surface area contributed by atoms with E-state index in [4.69, 9.17) is 16.3 Å². The third kappa shape index (κ3) is 3.04. The van der Waals surface area contributed by atoms with Crippen molar-refractivity contribution in [2.75, 3.05) is 5.88 Å². The van der Waals surface area contributed by atoms with E-state index in [0.717, 1.165) is 10.9 Å². The molecule has 0 unspecified atom stereocenters. The van der Waals surface area contributed by atoms with Crippen molar-refractivity contribution in [1.82, 2.24) is 0 Å². The fraction of sp³-hybridized carbons (Fsp3) is 0.176. The van der Waals surface area contributed by atoms with E-state index in [9.17, 15) is 4.39 Å². The second-order valence-electron chi connectivity index (χ2n) is 4.70. The zero-order valence-corrected chi connectivity index (χ0v) is 12.8. The van der Waals surface area contributed by atoms with Gasteiger partial charge in [0, 0.05) is 17.7 Å². The Hall–Kier alpha value is -1.58. The van der Waals surface area contributed by atoms with Crippen LogP contribution in [0, 0.1) is 5.82 Å². The maximum absolute atomic E-state index is 13.7. The van der Waals surface area contributed by atoms with Crippen LogP contribution in [0.15, 0.2) is 53.9 Å². The third-order valence-corrected chi connectivity index (χ3v) is 4.48. The molecular formula is C17H14ClFOS. The molecule has 1 aromatic heterocycles. The van der Waals surface area contributed by atoms with Gasteiger partial charge >= 0.3 is 0 Å². The highest BCUT2D eigenvalue weighted by atomic mass is 35.5. The predicted molar refractivity (Wildman–Crippen MR) is 86.9 cm³/mol. The molecule has 4 heteroatoms. The first-order valence-corrected chi connectivity index (χ1v) is 8.14. The first-order chi connectivity index (χ1) is 10.3. The lowest BCUT2D eigenvalue weighted by Gasteiger charge is -2.19. The monoisotopic (exact) mass is 320 g/mol. The Morgan fingerprint density at radius 1 is 1.10 bits per heavy atom. The van der Waals surface area contributed by atoms with E-state index < -0.39 is 0 Å². The molecule has 1 nitrogen and oxygen atoms in total. The molecule has 21 heavy (non-hydrogen) atoms. The van der Waals surface area contributed by atoms with E-state index in [2.05, 4.69) is 0 Å². The molecule has 0 bridgehead atoms. The summed E-state index contributed by atoms with van der Waals surface area (Å²) in [6, 6.07) is 15.0. The zero-order chi connectivity index (χ0) is 14.7. The maximum Gasteiger partial charge on any atom is 0.141 e. The highest BCUT2D eigenvalue weighted by molar-refractivity contribution is 7.17. The summed E-state index contributed by atoms with van der Waals surface area (Å²) < 4.78 is 20.5. The van der Waals surface area contributed by atoms with Crippen molar-refractivity contribution < 1.29 is 9.13 Å². The van der Waals surface area contributed by atoms with E-state index in [0.29, 0.717) is 22.8 Å². The molecule has 3 rings (SSSR count). The summed E-state index contributed by atoms with van der Waals surface area (Å²) in [4.78, 5) is 0. The van der Waals surface area contributed by atoms with Gasteiger partial charge in [0.15, 0.2) is 0 Å². The van der Waals surface area contributed by atoms with Gasteiger partial charge in [-0.25, -0.2) is 4.39 Å². The van der Waals surface area contributed by atoms with Crippen LogP contribution in [0.2, 0.25) is 0 Å². The number of ether oxygens (including phenoxy) is 1. The second kappa shape index (κ2) is 6.46. The summed E-state index contributed by atoms with van der Waals surface area (Å²) in [6.45, 7) is 0. The van der Waals surface area contributed by atoms with Crippen molar-refractivity contribution in [3.05, 3.63) is 65.3 Å². The van der Waals surface area contributed by atoms with Gasteiger partial charge in [0.05, 0.1) is 4.70 Å².